The molecule has 0 bridgehead atoms. The summed E-state index contributed by atoms with van der Waals surface area (Å²) in [5.74, 6) is 0.162. The van der Waals surface area contributed by atoms with Gasteiger partial charge in [0, 0.05) is 6.20 Å². The number of pyridine rings is 1. The fraction of sp³-hybridized carbons (Fsp3) is 0.571. The Labute approximate surface area is 107 Å². The lowest BCUT2D eigenvalue weighted by atomic mass is 9.86. The van der Waals surface area contributed by atoms with Crippen LogP contribution in [0.2, 0.25) is 0 Å². The van der Waals surface area contributed by atoms with Crippen molar-refractivity contribution in [3.05, 3.63) is 24.0 Å². The molecule has 1 aliphatic carbocycles. The molecule has 4 heteroatoms. The summed E-state index contributed by atoms with van der Waals surface area (Å²) in [7, 11) is 0. The minimum atomic E-state index is -1.03. The van der Waals surface area contributed by atoms with E-state index in [0.29, 0.717) is 5.75 Å². The van der Waals surface area contributed by atoms with E-state index in [1.165, 1.54) is 25.5 Å². The quantitative estimate of drug-likeness (QED) is 0.890. The molecule has 0 spiro atoms. The van der Waals surface area contributed by atoms with Crippen molar-refractivity contribution in [2.24, 2.45) is 5.92 Å². The Balaban J connectivity index is 2.00. The molecule has 1 fully saturated rings. The molecule has 0 amide bonds. The largest absolute Gasteiger partial charge is 0.488 e. The first-order chi connectivity index (χ1) is 8.70. The van der Waals surface area contributed by atoms with Gasteiger partial charge in [0.1, 0.15) is 0 Å². The van der Waals surface area contributed by atoms with Crippen LogP contribution in [0, 0.1) is 5.92 Å². The van der Waals surface area contributed by atoms with Crippen molar-refractivity contribution in [1.29, 1.82) is 0 Å². The Hall–Kier alpha value is -1.58. The van der Waals surface area contributed by atoms with Crippen molar-refractivity contribution >= 4 is 5.97 Å². The van der Waals surface area contributed by atoms with Crippen LogP contribution >= 0.6 is 0 Å². The maximum atomic E-state index is 11.0. The Kier molecular flexibility index (Phi) is 4.18. The van der Waals surface area contributed by atoms with Crippen LogP contribution in [0.3, 0.4) is 0 Å². The van der Waals surface area contributed by atoms with Crippen molar-refractivity contribution in [3.63, 3.8) is 0 Å². The lowest BCUT2D eigenvalue weighted by Crippen LogP contribution is -2.24. The highest BCUT2D eigenvalue weighted by Gasteiger charge is 2.23. The van der Waals surface area contributed by atoms with Gasteiger partial charge in [-0.15, -0.1) is 0 Å². The fourth-order valence-corrected chi connectivity index (χ4v) is 2.48. The van der Waals surface area contributed by atoms with Gasteiger partial charge in [0.15, 0.2) is 11.4 Å². The molecule has 0 atom stereocenters. The molecule has 4 nitrogen and oxygen atoms in total. The standard InChI is InChI=1S/C14H19NO3/c1-2-10-5-7-11(8-6-10)18-12-4-3-9-15-13(12)14(16)17/h3-4,9-11H,2,5-8H2,1H3,(H,16,17). The van der Waals surface area contributed by atoms with Crippen molar-refractivity contribution in [3.8, 4) is 5.75 Å². The number of ether oxygens (including phenoxy) is 1. The molecular weight excluding hydrogens is 230 g/mol. The first-order valence-corrected chi connectivity index (χ1v) is 6.55. The van der Waals surface area contributed by atoms with Crippen molar-refractivity contribution in [1.82, 2.24) is 4.98 Å². The molecule has 1 aromatic rings. The maximum absolute atomic E-state index is 11.0. The normalized spacial score (nSPS) is 23.6. The summed E-state index contributed by atoms with van der Waals surface area (Å²) < 4.78 is 5.80. The lowest BCUT2D eigenvalue weighted by molar-refractivity contribution is 0.0675. The molecule has 1 saturated carbocycles. The molecule has 1 heterocycles. The molecule has 0 unspecified atom stereocenters. The third kappa shape index (κ3) is 3.00. The Morgan fingerprint density at radius 1 is 1.44 bits per heavy atom. The number of hydrogen-bond donors (Lipinski definition) is 1. The van der Waals surface area contributed by atoms with E-state index < -0.39 is 5.97 Å². The third-order valence-electron chi connectivity index (χ3n) is 3.64. The molecule has 1 aromatic heterocycles. The van der Waals surface area contributed by atoms with Gasteiger partial charge in [-0.25, -0.2) is 9.78 Å². The molecule has 98 valence electrons. The molecule has 1 aliphatic rings. The Bertz CT molecular complexity index is 411. The number of rotatable bonds is 4. The zero-order valence-corrected chi connectivity index (χ0v) is 10.6. The molecule has 0 aliphatic heterocycles. The SMILES string of the molecule is CCC1CCC(Oc2cccnc2C(=O)O)CC1. The van der Waals surface area contributed by atoms with E-state index in [2.05, 4.69) is 11.9 Å². The lowest BCUT2D eigenvalue weighted by Gasteiger charge is -2.28. The van der Waals surface area contributed by atoms with Gasteiger partial charge in [-0.1, -0.05) is 13.3 Å². The Morgan fingerprint density at radius 3 is 2.78 bits per heavy atom. The van der Waals surface area contributed by atoms with Crippen LogP contribution in [-0.4, -0.2) is 22.2 Å². The molecule has 0 radical (unpaired) electrons. The van der Waals surface area contributed by atoms with Gasteiger partial charge in [-0.2, -0.15) is 0 Å². The van der Waals surface area contributed by atoms with E-state index in [9.17, 15) is 4.79 Å². The monoisotopic (exact) mass is 249 g/mol. The fourth-order valence-electron chi connectivity index (χ4n) is 2.48. The first-order valence-electron chi connectivity index (χ1n) is 6.55. The molecule has 18 heavy (non-hydrogen) atoms. The van der Waals surface area contributed by atoms with Gasteiger partial charge < -0.3 is 9.84 Å². The molecule has 2 rings (SSSR count). The topological polar surface area (TPSA) is 59.4 Å². The summed E-state index contributed by atoms with van der Waals surface area (Å²) in [6.45, 7) is 2.22. The number of aromatic nitrogens is 1. The van der Waals surface area contributed by atoms with Crippen LogP contribution in [0.15, 0.2) is 18.3 Å². The third-order valence-corrected chi connectivity index (χ3v) is 3.64. The first kappa shape index (κ1) is 12.9. The van der Waals surface area contributed by atoms with E-state index in [1.807, 2.05) is 0 Å². The van der Waals surface area contributed by atoms with E-state index in [4.69, 9.17) is 9.84 Å². The number of carboxylic acid groups (broad SMARTS) is 1. The van der Waals surface area contributed by atoms with Gasteiger partial charge in [0.2, 0.25) is 0 Å². The number of carboxylic acids is 1. The van der Waals surface area contributed by atoms with Crippen LogP contribution in [0.5, 0.6) is 5.75 Å². The summed E-state index contributed by atoms with van der Waals surface area (Å²) in [6, 6.07) is 3.39. The van der Waals surface area contributed by atoms with Crippen molar-refractivity contribution in [2.45, 2.75) is 45.1 Å². The number of hydrogen-bond acceptors (Lipinski definition) is 3. The summed E-state index contributed by atoms with van der Waals surface area (Å²) in [5, 5.41) is 9.03. The second-order valence-corrected chi connectivity index (χ2v) is 4.82. The average molecular weight is 249 g/mol. The summed E-state index contributed by atoms with van der Waals surface area (Å²) in [6.07, 6.45) is 7.19. The highest BCUT2D eigenvalue weighted by Crippen LogP contribution is 2.30. The molecule has 0 aromatic carbocycles. The van der Waals surface area contributed by atoms with Crippen LogP contribution in [-0.2, 0) is 0 Å². The van der Waals surface area contributed by atoms with Gasteiger partial charge >= 0.3 is 5.97 Å². The van der Waals surface area contributed by atoms with Gasteiger partial charge in [-0.05, 0) is 43.7 Å². The second kappa shape index (κ2) is 5.85. The van der Waals surface area contributed by atoms with Crippen molar-refractivity contribution < 1.29 is 14.6 Å². The van der Waals surface area contributed by atoms with Crippen LogP contribution in [0.25, 0.3) is 0 Å². The molecular formula is C14H19NO3. The Morgan fingerprint density at radius 2 is 2.17 bits per heavy atom. The van der Waals surface area contributed by atoms with E-state index in [-0.39, 0.29) is 11.8 Å². The zero-order chi connectivity index (χ0) is 13.0. The summed E-state index contributed by atoms with van der Waals surface area (Å²) in [4.78, 5) is 14.9. The number of nitrogens with zero attached hydrogens (tertiary/aromatic N) is 1. The summed E-state index contributed by atoms with van der Waals surface area (Å²) in [5.41, 5.74) is 0.00937. The second-order valence-electron chi connectivity index (χ2n) is 4.82. The van der Waals surface area contributed by atoms with Crippen LogP contribution in [0.1, 0.15) is 49.5 Å². The maximum Gasteiger partial charge on any atom is 0.358 e. The predicted octanol–water partition coefficient (Wildman–Crippen LogP) is 3.13. The molecule has 1 N–H and O–H groups in total. The van der Waals surface area contributed by atoms with E-state index >= 15 is 0 Å². The smallest absolute Gasteiger partial charge is 0.358 e. The van der Waals surface area contributed by atoms with Gasteiger partial charge in [0.25, 0.3) is 0 Å². The van der Waals surface area contributed by atoms with Crippen LogP contribution in [0.4, 0.5) is 0 Å². The molecule has 0 saturated heterocycles. The highest BCUT2D eigenvalue weighted by atomic mass is 16.5. The zero-order valence-electron chi connectivity index (χ0n) is 10.6. The minimum absolute atomic E-state index is 0.00937. The summed E-state index contributed by atoms with van der Waals surface area (Å²) >= 11 is 0. The van der Waals surface area contributed by atoms with Crippen LogP contribution < -0.4 is 4.74 Å². The van der Waals surface area contributed by atoms with Gasteiger partial charge in [0.05, 0.1) is 6.10 Å². The predicted molar refractivity (Wildman–Crippen MR) is 67.9 cm³/mol. The van der Waals surface area contributed by atoms with E-state index in [0.717, 1.165) is 18.8 Å². The average Bonchev–Trinajstić information content (AvgIpc) is 2.40. The highest BCUT2D eigenvalue weighted by molar-refractivity contribution is 5.88. The van der Waals surface area contributed by atoms with Crippen molar-refractivity contribution in [2.75, 3.05) is 0 Å². The van der Waals surface area contributed by atoms with E-state index in [1.54, 1.807) is 12.1 Å². The minimum Gasteiger partial charge on any atom is -0.488 e. The number of aromatic carboxylic acids is 1. The van der Waals surface area contributed by atoms with Gasteiger partial charge in [-0.3, -0.25) is 0 Å². The number of carbonyl (C=O) groups is 1.